The third-order valence-electron chi connectivity index (χ3n) is 3.78. The van der Waals surface area contributed by atoms with Crippen molar-refractivity contribution in [2.75, 3.05) is 19.7 Å². The Morgan fingerprint density at radius 1 is 1.36 bits per heavy atom. The van der Waals surface area contributed by atoms with Crippen LogP contribution in [0.2, 0.25) is 0 Å². The molecule has 1 aromatic heterocycles. The van der Waals surface area contributed by atoms with Crippen molar-refractivity contribution >= 4 is 5.91 Å². The van der Waals surface area contributed by atoms with Crippen LogP contribution in [-0.4, -0.2) is 46.4 Å². The number of ether oxygens (including phenoxy) is 1. The second-order valence-electron chi connectivity index (χ2n) is 5.27. The predicted octanol–water partition coefficient (Wildman–Crippen LogP) is 2.26. The summed E-state index contributed by atoms with van der Waals surface area (Å²) >= 11 is 0. The maximum atomic E-state index is 12.9. The van der Waals surface area contributed by atoms with Crippen LogP contribution in [0.1, 0.15) is 23.8 Å². The van der Waals surface area contributed by atoms with Gasteiger partial charge in [0.1, 0.15) is 5.82 Å². The Kier molecular flexibility index (Phi) is 4.20. The fourth-order valence-electron chi connectivity index (χ4n) is 2.49. The number of nitrogens with zero attached hydrogens (tertiary/aromatic N) is 3. The second-order valence-corrected chi connectivity index (χ2v) is 5.27. The van der Waals surface area contributed by atoms with Crippen LogP contribution in [0.25, 0.3) is 5.69 Å². The molecule has 1 aromatic carbocycles. The van der Waals surface area contributed by atoms with Crippen molar-refractivity contribution in [3.63, 3.8) is 0 Å². The molecule has 1 atom stereocenters. The largest absolute Gasteiger partial charge is 0.375 e. The Bertz CT molecular complexity index is 654. The highest BCUT2D eigenvalue weighted by Crippen LogP contribution is 2.13. The summed E-state index contributed by atoms with van der Waals surface area (Å²) in [6.45, 7) is 3.78. The molecule has 6 heteroatoms. The zero-order chi connectivity index (χ0) is 15.5. The number of rotatable bonds is 3. The highest BCUT2D eigenvalue weighted by atomic mass is 19.1. The summed E-state index contributed by atoms with van der Waals surface area (Å²) in [5.74, 6) is -0.395. The van der Waals surface area contributed by atoms with Gasteiger partial charge in [-0.2, -0.15) is 5.10 Å². The molecule has 0 radical (unpaired) electrons. The highest BCUT2D eigenvalue weighted by Gasteiger charge is 2.25. The van der Waals surface area contributed by atoms with E-state index in [1.807, 2.05) is 6.92 Å². The lowest BCUT2D eigenvalue weighted by atomic mass is 10.2. The molecular weight excluding hydrogens is 285 g/mol. The lowest BCUT2D eigenvalue weighted by Crippen LogP contribution is -2.45. The summed E-state index contributed by atoms with van der Waals surface area (Å²) in [4.78, 5) is 14.3. The Labute approximate surface area is 128 Å². The van der Waals surface area contributed by atoms with Crippen LogP contribution in [0.3, 0.4) is 0 Å². The number of amides is 1. The van der Waals surface area contributed by atoms with Crippen molar-refractivity contribution in [1.29, 1.82) is 0 Å². The number of hydrogen-bond acceptors (Lipinski definition) is 3. The van der Waals surface area contributed by atoms with Crippen LogP contribution in [-0.2, 0) is 4.74 Å². The highest BCUT2D eigenvalue weighted by molar-refractivity contribution is 5.92. The molecular formula is C16H18FN3O2. The van der Waals surface area contributed by atoms with Gasteiger partial charge in [0.15, 0.2) is 5.69 Å². The molecule has 1 amide bonds. The van der Waals surface area contributed by atoms with Crippen molar-refractivity contribution in [3.8, 4) is 5.69 Å². The molecule has 0 saturated carbocycles. The number of carbonyl (C=O) groups excluding carboxylic acids is 1. The number of halogens is 1. The van der Waals surface area contributed by atoms with Gasteiger partial charge in [0, 0.05) is 19.3 Å². The maximum absolute atomic E-state index is 12.9. The minimum atomic E-state index is -0.300. The van der Waals surface area contributed by atoms with Gasteiger partial charge in [-0.05, 0) is 36.8 Å². The van der Waals surface area contributed by atoms with Gasteiger partial charge in [-0.1, -0.05) is 6.92 Å². The Morgan fingerprint density at radius 2 is 2.14 bits per heavy atom. The molecule has 116 valence electrons. The quantitative estimate of drug-likeness (QED) is 0.874. The number of morpholine rings is 1. The van der Waals surface area contributed by atoms with Gasteiger partial charge < -0.3 is 9.64 Å². The first-order valence-electron chi connectivity index (χ1n) is 7.40. The first-order valence-corrected chi connectivity index (χ1v) is 7.40. The normalized spacial score (nSPS) is 18.5. The van der Waals surface area contributed by atoms with E-state index in [1.165, 1.54) is 12.1 Å². The van der Waals surface area contributed by atoms with E-state index < -0.39 is 0 Å². The van der Waals surface area contributed by atoms with Crippen molar-refractivity contribution in [3.05, 3.63) is 48.0 Å². The summed E-state index contributed by atoms with van der Waals surface area (Å²) < 4.78 is 20.1. The van der Waals surface area contributed by atoms with Crippen molar-refractivity contribution in [2.45, 2.75) is 19.4 Å². The number of aromatic nitrogens is 2. The molecule has 1 aliphatic heterocycles. The zero-order valence-corrected chi connectivity index (χ0v) is 12.4. The van der Waals surface area contributed by atoms with Gasteiger partial charge in [0.2, 0.25) is 0 Å². The number of carbonyl (C=O) groups is 1. The topological polar surface area (TPSA) is 47.4 Å². The first kappa shape index (κ1) is 14.7. The average Bonchev–Trinajstić information content (AvgIpc) is 3.05. The van der Waals surface area contributed by atoms with Crippen LogP contribution in [0.4, 0.5) is 4.39 Å². The standard InChI is InChI=1S/C16H18FN3O2/c1-2-14-11-19(9-10-22-14)16(21)15-7-8-20(18-15)13-5-3-12(17)4-6-13/h3-8,14H,2,9-11H2,1H3. The molecule has 22 heavy (non-hydrogen) atoms. The van der Waals surface area contributed by atoms with Gasteiger partial charge >= 0.3 is 0 Å². The molecule has 1 unspecified atom stereocenters. The summed E-state index contributed by atoms with van der Waals surface area (Å²) in [6, 6.07) is 7.66. The van der Waals surface area contributed by atoms with Crippen molar-refractivity contribution in [2.24, 2.45) is 0 Å². The first-order chi connectivity index (χ1) is 10.7. The molecule has 1 saturated heterocycles. The molecule has 3 rings (SSSR count). The van der Waals surface area contributed by atoms with Crippen LogP contribution in [0.5, 0.6) is 0 Å². The second kappa shape index (κ2) is 6.27. The molecule has 0 aliphatic carbocycles. The third kappa shape index (κ3) is 3.01. The van der Waals surface area contributed by atoms with E-state index in [4.69, 9.17) is 4.74 Å². The van der Waals surface area contributed by atoms with Crippen LogP contribution >= 0.6 is 0 Å². The van der Waals surface area contributed by atoms with Gasteiger partial charge in [0.05, 0.1) is 18.4 Å². The number of hydrogen-bond donors (Lipinski definition) is 0. The lowest BCUT2D eigenvalue weighted by Gasteiger charge is -2.32. The van der Waals surface area contributed by atoms with Crippen molar-refractivity contribution < 1.29 is 13.9 Å². The van der Waals surface area contributed by atoms with E-state index in [9.17, 15) is 9.18 Å². The minimum absolute atomic E-state index is 0.0943. The molecule has 1 aliphatic rings. The van der Waals surface area contributed by atoms with Crippen LogP contribution in [0, 0.1) is 5.82 Å². The van der Waals surface area contributed by atoms with E-state index in [0.717, 1.165) is 6.42 Å². The molecule has 0 N–H and O–H groups in total. The molecule has 5 nitrogen and oxygen atoms in total. The van der Waals surface area contributed by atoms with E-state index in [-0.39, 0.29) is 17.8 Å². The average molecular weight is 303 g/mol. The monoisotopic (exact) mass is 303 g/mol. The lowest BCUT2D eigenvalue weighted by molar-refractivity contribution is -0.0228. The van der Waals surface area contributed by atoms with Gasteiger partial charge in [0.25, 0.3) is 5.91 Å². The molecule has 2 aromatic rings. The minimum Gasteiger partial charge on any atom is -0.375 e. The summed E-state index contributed by atoms with van der Waals surface area (Å²) in [7, 11) is 0. The summed E-state index contributed by atoms with van der Waals surface area (Å²) in [5.41, 5.74) is 1.11. The van der Waals surface area contributed by atoms with E-state index >= 15 is 0 Å². The molecule has 1 fully saturated rings. The Hall–Kier alpha value is -2.21. The van der Waals surface area contributed by atoms with Crippen molar-refractivity contribution in [1.82, 2.24) is 14.7 Å². The van der Waals surface area contributed by atoms with Crippen LogP contribution < -0.4 is 0 Å². The number of benzene rings is 1. The SMILES string of the molecule is CCC1CN(C(=O)c2ccn(-c3ccc(F)cc3)n2)CCO1. The van der Waals surface area contributed by atoms with Gasteiger partial charge in [-0.25, -0.2) is 9.07 Å². The zero-order valence-electron chi connectivity index (χ0n) is 12.4. The Morgan fingerprint density at radius 3 is 2.86 bits per heavy atom. The third-order valence-corrected chi connectivity index (χ3v) is 3.78. The summed E-state index contributed by atoms with van der Waals surface area (Å²) in [5, 5.41) is 4.30. The molecule has 0 spiro atoms. The van der Waals surface area contributed by atoms with Gasteiger partial charge in [-0.15, -0.1) is 0 Å². The van der Waals surface area contributed by atoms with Crippen LogP contribution in [0.15, 0.2) is 36.5 Å². The fourth-order valence-corrected chi connectivity index (χ4v) is 2.49. The predicted molar refractivity (Wildman–Crippen MR) is 79.5 cm³/mol. The van der Waals surface area contributed by atoms with E-state index in [0.29, 0.717) is 31.1 Å². The molecule has 0 bridgehead atoms. The molecule has 2 heterocycles. The Balaban J connectivity index is 1.75. The van der Waals surface area contributed by atoms with E-state index in [2.05, 4.69) is 5.10 Å². The van der Waals surface area contributed by atoms with Gasteiger partial charge in [-0.3, -0.25) is 4.79 Å². The maximum Gasteiger partial charge on any atom is 0.274 e. The smallest absolute Gasteiger partial charge is 0.274 e. The summed E-state index contributed by atoms with van der Waals surface area (Å²) in [6.07, 6.45) is 2.68. The van der Waals surface area contributed by atoms with E-state index in [1.54, 1.807) is 34.0 Å². The fraction of sp³-hybridized carbons (Fsp3) is 0.375.